The van der Waals surface area contributed by atoms with Gasteiger partial charge in [0.15, 0.2) is 0 Å². The Labute approximate surface area is 142 Å². The summed E-state index contributed by atoms with van der Waals surface area (Å²) in [4.78, 5) is 36.2. The summed E-state index contributed by atoms with van der Waals surface area (Å²) in [5.41, 5.74) is 6.81. The highest BCUT2D eigenvalue weighted by molar-refractivity contribution is 8.14. The predicted octanol–water partition coefficient (Wildman–Crippen LogP) is 0.545. The van der Waals surface area contributed by atoms with Crippen molar-refractivity contribution in [2.24, 2.45) is 0 Å². The van der Waals surface area contributed by atoms with Crippen LogP contribution >= 0.6 is 11.8 Å². The quantitative estimate of drug-likeness (QED) is 0.717. The molecule has 0 aromatic heterocycles. The van der Waals surface area contributed by atoms with Crippen molar-refractivity contribution in [3.05, 3.63) is 35.6 Å². The minimum absolute atomic E-state index is 0.0838. The van der Waals surface area contributed by atoms with E-state index in [4.69, 9.17) is 0 Å². The van der Waals surface area contributed by atoms with Crippen LogP contribution in [0.25, 0.3) is 0 Å². The third-order valence-corrected chi connectivity index (χ3v) is 4.83. The van der Waals surface area contributed by atoms with Gasteiger partial charge in [-0.05, 0) is 24.1 Å². The van der Waals surface area contributed by atoms with Crippen molar-refractivity contribution >= 4 is 28.8 Å². The fourth-order valence-corrected chi connectivity index (χ4v) is 3.40. The van der Waals surface area contributed by atoms with Crippen molar-refractivity contribution in [3.63, 3.8) is 0 Å². The Hall–Kier alpha value is -1.97. The normalized spacial score (nSPS) is 23.8. The molecule has 2 atom stereocenters. The minimum atomic E-state index is -0.431. The number of hydrogen-bond acceptors (Lipinski definition) is 6. The van der Waals surface area contributed by atoms with E-state index in [1.807, 2.05) is 0 Å². The van der Waals surface area contributed by atoms with Gasteiger partial charge in [-0.25, -0.2) is 15.2 Å². The SMILES string of the molecule is O=C(NCCN1C(=O)CSC1=O)C1CC(c2ccc(F)cc2)NN1. The van der Waals surface area contributed by atoms with Gasteiger partial charge in [-0.2, -0.15) is 0 Å². The highest BCUT2D eigenvalue weighted by Crippen LogP contribution is 2.22. The summed E-state index contributed by atoms with van der Waals surface area (Å²) in [5, 5.41) is 2.44. The molecule has 0 radical (unpaired) electrons. The summed E-state index contributed by atoms with van der Waals surface area (Å²) < 4.78 is 12.9. The van der Waals surface area contributed by atoms with Crippen LogP contribution in [-0.4, -0.2) is 46.8 Å². The maximum absolute atomic E-state index is 12.9. The van der Waals surface area contributed by atoms with Crippen LogP contribution in [0.2, 0.25) is 0 Å². The van der Waals surface area contributed by atoms with Gasteiger partial charge >= 0.3 is 0 Å². The smallest absolute Gasteiger partial charge is 0.288 e. The molecule has 3 rings (SSSR count). The van der Waals surface area contributed by atoms with Crippen LogP contribution in [0, 0.1) is 5.82 Å². The Morgan fingerprint density at radius 2 is 2.04 bits per heavy atom. The van der Waals surface area contributed by atoms with E-state index in [0.29, 0.717) is 6.42 Å². The van der Waals surface area contributed by atoms with Gasteiger partial charge in [0.2, 0.25) is 11.8 Å². The van der Waals surface area contributed by atoms with Gasteiger partial charge in [0.1, 0.15) is 11.9 Å². The molecule has 24 heavy (non-hydrogen) atoms. The maximum Gasteiger partial charge on any atom is 0.288 e. The van der Waals surface area contributed by atoms with Crippen molar-refractivity contribution in [2.45, 2.75) is 18.5 Å². The summed E-state index contributed by atoms with van der Waals surface area (Å²) in [7, 11) is 0. The number of thioether (sulfide) groups is 1. The summed E-state index contributed by atoms with van der Waals surface area (Å²) in [6, 6.07) is 5.60. The molecule has 1 aromatic rings. The van der Waals surface area contributed by atoms with Gasteiger partial charge in [-0.15, -0.1) is 0 Å². The Balaban J connectivity index is 1.45. The number of halogens is 1. The molecule has 1 aromatic carbocycles. The standard InChI is InChI=1S/C15H17FN4O3S/c16-10-3-1-9(2-4-10)11-7-12(19-18-11)14(22)17-5-6-20-13(21)8-24-15(20)23/h1-4,11-12,18-19H,5-8H2,(H,17,22). The number of amides is 3. The van der Waals surface area contributed by atoms with E-state index in [1.165, 1.54) is 12.1 Å². The van der Waals surface area contributed by atoms with Crippen LogP contribution in [0.5, 0.6) is 0 Å². The maximum atomic E-state index is 12.9. The lowest BCUT2D eigenvalue weighted by Gasteiger charge is -2.15. The first-order valence-electron chi connectivity index (χ1n) is 7.56. The number of carbonyl (C=O) groups is 3. The lowest BCUT2D eigenvalue weighted by atomic mass is 10.0. The number of nitrogens with one attached hydrogen (secondary N) is 3. The lowest BCUT2D eigenvalue weighted by molar-refractivity contribution is -0.126. The molecule has 9 heteroatoms. The van der Waals surface area contributed by atoms with E-state index in [-0.39, 0.29) is 47.8 Å². The molecule has 128 valence electrons. The monoisotopic (exact) mass is 352 g/mol. The average Bonchev–Trinajstić information content (AvgIpc) is 3.17. The van der Waals surface area contributed by atoms with Crippen LogP contribution in [0.1, 0.15) is 18.0 Å². The summed E-state index contributed by atoms with van der Waals surface area (Å²) in [6.07, 6.45) is 0.523. The zero-order valence-corrected chi connectivity index (χ0v) is 13.6. The zero-order chi connectivity index (χ0) is 17.1. The third-order valence-electron chi connectivity index (χ3n) is 3.97. The van der Waals surface area contributed by atoms with Gasteiger partial charge in [0, 0.05) is 19.1 Å². The number of imide groups is 1. The number of carbonyl (C=O) groups excluding carboxylic acids is 3. The van der Waals surface area contributed by atoms with Gasteiger partial charge in [0.25, 0.3) is 5.24 Å². The molecule has 2 saturated heterocycles. The minimum Gasteiger partial charge on any atom is -0.353 e. The fourth-order valence-electron chi connectivity index (χ4n) is 2.65. The van der Waals surface area contributed by atoms with Crippen molar-refractivity contribution in [3.8, 4) is 0 Å². The van der Waals surface area contributed by atoms with Gasteiger partial charge in [0.05, 0.1) is 5.75 Å². The zero-order valence-electron chi connectivity index (χ0n) is 12.8. The molecule has 0 spiro atoms. The average molecular weight is 352 g/mol. The first kappa shape index (κ1) is 16.9. The predicted molar refractivity (Wildman–Crippen MR) is 86.4 cm³/mol. The second-order valence-electron chi connectivity index (χ2n) is 5.57. The molecule has 3 N–H and O–H groups in total. The van der Waals surface area contributed by atoms with E-state index >= 15 is 0 Å². The summed E-state index contributed by atoms with van der Waals surface area (Å²) in [5.74, 6) is -0.571. The molecule has 2 fully saturated rings. The van der Waals surface area contributed by atoms with E-state index in [1.54, 1.807) is 12.1 Å². The first-order chi connectivity index (χ1) is 11.5. The molecule has 0 bridgehead atoms. The first-order valence-corrected chi connectivity index (χ1v) is 8.54. The molecule has 0 aliphatic carbocycles. The summed E-state index contributed by atoms with van der Waals surface area (Å²) in [6.45, 7) is 0.397. The number of benzene rings is 1. The topological polar surface area (TPSA) is 90.5 Å². The number of nitrogens with zero attached hydrogens (tertiary/aromatic N) is 1. The van der Waals surface area contributed by atoms with Gasteiger partial charge in [-0.3, -0.25) is 19.3 Å². The highest BCUT2D eigenvalue weighted by atomic mass is 32.2. The van der Waals surface area contributed by atoms with Crippen LogP contribution in [0.4, 0.5) is 9.18 Å². The van der Waals surface area contributed by atoms with E-state index < -0.39 is 6.04 Å². The molecule has 2 heterocycles. The Bertz CT molecular complexity index is 639. The molecular weight excluding hydrogens is 335 g/mol. The number of rotatable bonds is 5. The van der Waals surface area contributed by atoms with E-state index in [0.717, 1.165) is 22.2 Å². The largest absolute Gasteiger partial charge is 0.353 e. The Morgan fingerprint density at radius 1 is 1.29 bits per heavy atom. The van der Waals surface area contributed by atoms with Gasteiger partial charge < -0.3 is 5.32 Å². The second kappa shape index (κ2) is 7.29. The van der Waals surface area contributed by atoms with Crippen molar-refractivity contribution in [2.75, 3.05) is 18.8 Å². The van der Waals surface area contributed by atoms with Crippen molar-refractivity contribution in [1.82, 2.24) is 21.1 Å². The number of hydrogen-bond donors (Lipinski definition) is 3. The van der Waals surface area contributed by atoms with Crippen LogP contribution < -0.4 is 16.2 Å². The third kappa shape index (κ3) is 3.74. The fraction of sp³-hybridized carbons (Fsp3) is 0.400. The van der Waals surface area contributed by atoms with E-state index in [9.17, 15) is 18.8 Å². The molecule has 0 saturated carbocycles. The summed E-state index contributed by atoms with van der Waals surface area (Å²) >= 11 is 0.972. The Morgan fingerprint density at radius 3 is 2.71 bits per heavy atom. The molecule has 2 unspecified atom stereocenters. The van der Waals surface area contributed by atoms with Crippen molar-refractivity contribution in [1.29, 1.82) is 0 Å². The molecule has 7 nitrogen and oxygen atoms in total. The van der Waals surface area contributed by atoms with Gasteiger partial charge in [-0.1, -0.05) is 23.9 Å². The molecule has 2 aliphatic rings. The highest BCUT2D eigenvalue weighted by Gasteiger charge is 2.31. The number of hydrazine groups is 1. The van der Waals surface area contributed by atoms with Crippen molar-refractivity contribution < 1.29 is 18.8 Å². The second-order valence-corrected chi connectivity index (χ2v) is 6.50. The molecule has 3 amide bonds. The Kier molecular flexibility index (Phi) is 5.12. The lowest BCUT2D eigenvalue weighted by Crippen LogP contribution is -2.45. The molecular formula is C15H17FN4O3S. The van der Waals surface area contributed by atoms with Crippen LogP contribution in [-0.2, 0) is 9.59 Å². The van der Waals surface area contributed by atoms with Crippen LogP contribution in [0.15, 0.2) is 24.3 Å². The van der Waals surface area contributed by atoms with E-state index in [2.05, 4.69) is 16.2 Å². The molecule has 2 aliphatic heterocycles. The van der Waals surface area contributed by atoms with Crippen LogP contribution in [0.3, 0.4) is 0 Å².